The number of nitrogens with one attached hydrogen (secondary N) is 1. The first kappa shape index (κ1) is 15.2. The molecule has 1 aromatic heterocycles. The maximum absolute atomic E-state index is 12.0. The topological polar surface area (TPSA) is 62.2 Å². The highest BCUT2D eigenvalue weighted by molar-refractivity contribution is 5.95. The third-order valence-corrected chi connectivity index (χ3v) is 3.23. The summed E-state index contributed by atoms with van der Waals surface area (Å²) < 4.78 is 0. The van der Waals surface area contributed by atoms with Gasteiger partial charge in [-0.15, -0.1) is 0 Å². The molecule has 4 nitrogen and oxygen atoms in total. The van der Waals surface area contributed by atoms with Gasteiger partial charge in [-0.05, 0) is 31.9 Å². The predicted molar refractivity (Wildman–Crippen MR) is 83.0 cm³/mol. The number of pyridine rings is 1. The summed E-state index contributed by atoms with van der Waals surface area (Å²) >= 11 is 0. The smallest absolute Gasteiger partial charge is 0.252 e. The average molecular weight is 284 g/mol. The summed E-state index contributed by atoms with van der Waals surface area (Å²) in [5.74, 6) is -0.169. The van der Waals surface area contributed by atoms with Crippen LogP contribution in [0.2, 0.25) is 0 Å². The number of amides is 1. The van der Waals surface area contributed by atoms with Crippen LogP contribution in [-0.4, -0.2) is 28.6 Å². The number of carbonyl (C=O) groups excluding carboxylic acids is 1. The van der Waals surface area contributed by atoms with Gasteiger partial charge in [0.2, 0.25) is 0 Å². The summed E-state index contributed by atoms with van der Waals surface area (Å²) in [6.45, 7) is 4.19. The molecule has 1 unspecified atom stereocenters. The molecule has 21 heavy (non-hydrogen) atoms. The molecule has 0 fully saturated rings. The molecule has 2 rings (SSSR count). The van der Waals surface area contributed by atoms with Crippen LogP contribution in [0.25, 0.3) is 11.1 Å². The fourth-order valence-corrected chi connectivity index (χ4v) is 1.96. The standard InChI is InChI=1S/C17H20N2O2/c1-12-3-5-14(6-4-12)15-9-16(11-18-10-15)17(21)19-8-7-13(2)20/h3-6,9-11,13,20H,7-8H2,1-2H3,(H,19,21). The highest BCUT2D eigenvalue weighted by atomic mass is 16.3. The molecule has 0 bridgehead atoms. The van der Waals surface area contributed by atoms with E-state index in [-0.39, 0.29) is 5.91 Å². The van der Waals surface area contributed by atoms with E-state index < -0.39 is 6.10 Å². The van der Waals surface area contributed by atoms with Gasteiger partial charge in [0.15, 0.2) is 0 Å². The molecule has 1 aromatic carbocycles. The van der Waals surface area contributed by atoms with Crippen molar-refractivity contribution in [1.29, 1.82) is 0 Å². The Balaban J connectivity index is 2.10. The minimum absolute atomic E-state index is 0.169. The van der Waals surface area contributed by atoms with E-state index in [1.807, 2.05) is 37.3 Å². The Kier molecular flexibility index (Phi) is 5.06. The van der Waals surface area contributed by atoms with Gasteiger partial charge in [-0.2, -0.15) is 0 Å². The van der Waals surface area contributed by atoms with Crippen molar-refractivity contribution < 1.29 is 9.90 Å². The summed E-state index contributed by atoms with van der Waals surface area (Å²) in [6.07, 6.45) is 3.42. The largest absolute Gasteiger partial charge is 0.393 e. The minimum Gasteiger partial charge on any atom is -0.393 e. The van der Waals surface area contributed by atoms with Gasteiger partial charge in [-0.1, -0.05) is 29.8 Å². The van der Waals surface area contributed by atoms with E-state index in [1.165, 1.54) is 5.56 Å². The number of benzene rings is 1. The summed E-state index contributed by atoms with van der Waals surface area (Å²) in [5, 5.41) is 12.0. The van der Waals surface area contributed by atoms with Crippen LogP contribution < -0.4 is 5.32 Å². The number of aliphatic hydroxyl groups is 1. The summed E-state index contributed by atoms with van der Waals surface area (Å²) in [5.41, 5.74) is 3.67. The molecule has 4 heteroatoms. The summed E-state index contributed by atoms with van der Waals surface area (Å²) in [7, 11) is 0. The number of hydrogen-bond donors (Lipinski definition) is 2. The van der Waals surface area contributed by atoms with Crippen LogP contribution in [0, 0.1) is 6.92 Å². The highest BCUT2D eigenvalue weighted by Crippen LogP contribution is 2.19. The van der Waals surface area contributed by atoms with E-state index in [0.29, 0.717) is 18.5 Å². The first-order chi connectivity index (χ1) is 10.1. The molecule has 1 amide bonds. The number of aliphatic hydroxyl groups excluding tert-OH is 1. The summed E-state index contributed by atoms with van der Waals surface area (Å²) in [4.78, 5) is 16.2. The Morgan fingerprint density at radius 3 is 2.62 bits per heavy atom. The maximum Gasteiger partial charge on any atom is 0.252 e. The van der Waals surface area contributed by atoms with Crippen LogP contribution in [0.15, 0.2) is 42.7 Å². The number of aromatic nitrogens is 1. The lowest BCUT2D eigenvalue weighted by Crippen LogP contribution is -2.26. The molecule has 0 aliphatic rings. The fraction of sp³-hybridized carbons (Fsp3) is 0.294. The molecule has 1 heterocycles. The SMILES string of the molecule is Cc1ccc(-c2cncc(C(=O)NCCC(C)O)c2)cc1. The zero-order chi connectivity index (χ0) is 15.2. The molecule has 0 spiro atoms. The first-order valence-corrected chi connectivity index (χ1v) is 7.04. The molecular formula is C17H20N2O2. The number of aryl methyl sites for hydroxylation is 1. The van der Waals surface area contributed by atoms with E-state index in [4.69, 9.17) is 0 Å². The molecule has 0 aliphatic carbocycles. The van der Waals surface area contributed by atoms with Gasteiger partial charge in [0.25, 0.3) is 5.91 Å². The van der Waals surface area contributed by atoms with E-state index in [2.05, 4.69) is 10.3 Å². The molecule has 0 radical (unpaired) electrons. The van der Waals surface area contributed by atoms with Crippen LogP contribution in [0.4, 0.5) is 0 Å². The summed E-state index contributed by atoms with van der Waals surface area (Å²) in [6, 6.07) is 9.92. The van der Waals surface area contributed by atoms with Crippen molar-refractivity contribution in [3.63, 3.8) is 0 Å². The van der Waals surface area contributed by atoms with Crippen molar-refractivity contribution in [3.8, 4) is 11.1 Å². The molecule has 110 valence electrons. The zero-order valence-electron chi connectivity index (χ0n) is 12.3. The molecule has 0 saturated heterocycles. The van der Waals surface area contributed by atoms with Crippen LogP contribution in [0.3, 0.4) is 0 Å². The van der Waals surface area contributed by atoms with Gasteiger partial charge in [0.1, 0.15) is 0 Å². The Morgan fingerprint density at radius 1 is 1.24 bits per heavy atom. The van der Waals surface area contributed by atoms with Gasteiger partial charge < -0.3 is 10.4 Å². The number of nitrogens with zero attached hydrogens (tertiary/aromatic N) is 1. The van der Waals surface area contributed by atoms with Gasteiger partial charge in [0, 0.05) is 24.5 Å². The normalized spacial score (nSPS) is 12.0. The quantitative estimate of drug-likeness (QED) is 0.887. The second-order valence-electron chi connectivity index (χ2n) is 5.22. The van der Waals surface area contributed by atoms with Crippen LogP contribution in [0.1, 0.15) is 29.3 Å². The Hall–Kier alpha value is -2.20. The Bertz CT molecular complexity index is 606. The second-order valence-corrected chi connectivity index (χ2v) is 5.22. The molecule has 2 N–H and O–H groups in total. The molecule has 0 aliphatic heterocycles. The maximum atomic E-state index is 12.0. The average Bonchev–Trinajstić information content (AvgIpc) is 2.47. The molecule has 1 atom stereocenters. The van der Waals surface area contributed by atoms with Crippen molar-refractivity contribution in [2.24, 2.45) is 0 Å². The van der Waals surface area contributed by atoms with Gasteiger partial charge >= 0.3 is 0 Å². The van der Waals surface area contributed by atoms with Gasteiger partial charge in [-0.25, -0.2) is 0 Å². The Morgan fingerprint density at radius 2 is 1.95 bits per heavy atom. The molecule has 0 saturated carbocycles. The minimum atomic E-state index is -0.415. The van der Waals surface area contributed by atoms with Gasteiger partial charge in [-0.3, -0.25) is 9.78 Å². The lowest BCUT2D eigenvalue weighted by Gasteiger charge is -2.08. The number of hydrogen-bond acceptors (Lipinski definition) is 3. The van der Waals surface area contributed by atoms with Crippen molar-refractivity contribution in [2.75, 3.05) is 6.54 Å². The van der Waals surface area contributed by atoms with Crippen molar-refractivity contribution in [3.05, 3.63) is 53.9 Å². The van der Waals surface area contributed by atoms with Gasteiger partial charge in [0.05, 0.1) is 11.7 Å². The lowest BCUT2D eigenvalue weighted by atomic mass is 10.0. The number of rotatable bonds is 5. The van der Waals surface area contributed by atoms with E-state index in [0.717, 1.165) is 11.1 Å². The van der Waals surface area contributed by atoms with Crippen LogP contribution >= 0.6 is 0 Å². The van der Waals surface area contributed by atoms with Crippen molar-refractivity contribution >= 4 is 5.91 Å². The van der Waals surface area contributed by atoms with E-state index >= 15 is 0 Å². The van der Waals surface area contributed by atoms with Crippen molar-refractivity contribution in [1.82, 2.24) is 10.3 Å². The monoisotopic (exact) mass is 284 g/mol. The fourth-order valence-electron chi connectivity index (χ4n) is 1.96. The molecule has 2 aromatic rings. The third kappa shape index (κ3) is 4.39. The number of carbonyl (C=O) groups is 1. The van der Waals surface area contributed by atoms with Crippen molar-refractivity contribution in [2.45, 2.75) is 26.4 Å². The van der Waals surface area contributed by atoms with E-state index in [1.54, 1.807) is 19.3 Å². The predicted octanol–water partition coefficient (Wildman–Crippen LogP) is 2.56. The van der Waals surface area contributed by atoms with Crippen LogP contribution in [0.5, 0.6) is 0 Å². The first-order valence-electron chi connectivity index (χ1n) is 7.04. The van der Waals surface area contributed by atoms with E-state index in [9.17, 15) is 9.90 Å². The molecular weight excluding hydrogens is 264 g/mol. The second kappa shape index (κ2) is 6.99. The zero-order valence-corrected chi connectivity index (χ0v) is 12.3. The third-order valence-electron chi connectivity index (χ3n) is 3.23. The Labute approximate surface area is 124 Å². The highest BCUT2D eigenvalue weighted by Gasteiger charge is 2.08. The van der Waals surface area contributed by atoms with Crippen LogP contribution in [-0.2, 0) is 0 Å². The lowest BCUT2D eigenvalue weighted by molar-refractivity contribution is 0.0945.